The number of hydrogen-bond donors (Lipinski definition) is 0. The number of halogens is 2. The molecule has 0 saturated carbocycles. The van der Waals surface area contributed by atoms with Crippen LogP contribution in [-0.2, 0) is 11.3 Å². The summed E-state index contributed by atoms with van der Waals surface area (Å²) in [5, 5.41) is 0.329. The Hall–Kier alpha value is -1.56. The summed E-state index contributed by atoms with van der Waals surface area (Å²) in [5.41, 5.74) is 1.69. The molecule has 1 saturated heterocycles. The first-order chi connectivity index (χ1) is 11.0. The van der Waals surface area contributed by atoms with Gasteiger partial charge in [0, 0.05) is 9.50 Å². The van der Waals surface area contributed by atoms with Gasteiger partial charge >= 0.3 is 0 Å². The molecule has 2 amide bonds. The zero-order valence-electron chi connectivity index (χ0n) is 11.8. The third kappa shape index (κ3) is 3.86. The number of carbonyl (C=O) groups excluding carboxylic acids is 2. The molecule has 6 heteroatoms. The minimum Gasteiger partial charge on any atom is -0.268 e. The molecule has 1 aliphatic rings. The molecule has 0 unspecified atom stereocenters. The average Bonchev–Trinajstić information content (AvgIpc) is 2.75. The number of hydrogen-bond acceptors (Lipinski definition) is 3. The van der Waals surface area contributed by atoms with E-state index >= 15 is 0 Å². The summed E-state index contributed by atoms with van der Waals surface area (Å²) < 4.78 is 0.913. The van der Waals surface area contributed by atoms with Crippen LogP contribution in [0.2, 0.25) is 5.02 Å². The SMILES string of the molecule is O=C1S/C(=C/c2cccc(Cl)c2)C(=O)N1Cc1cccc(Br)c1. The van der Waals surface area contributed by atoms with Crippen molar-refractivity contribution in [3.05, 3.63) is 74.1 Å². The molecule has 0 atom stereocenters. The van der Waals surface area contributed by atoms with Crippen LogP contribution in [0.4, 0.5) is 4.79 Å². The molecule has 1 fully saturated rings. The van der Waals surface area contributed by atoms with E-state index in [0.717, 1.165) is 27.4 Å². The van der Waals surface area contributed by atoms with Crippen LogP contribution in [0.25, 0.3) is 6.08 Å². The number of nitrogens with zero attached hydrogens (tertiary/aromatic N) is 1. The summed E-state index contributed by atoms with van der Waals surface area (Å²) in [6, 6.07) is 14.7. The molecular weight excluding hydrogens is 398 g/mol. The molecule has 3 nitrogen and oxygen atoms in total. The van der Waals surface area contributed by atoms with E-state index in [2.05, 4.69) is 15.9 Å². The van der Waals surface area contributed by atoms with E-state index in [1.54, 1.807) is 24.3 Å². The van der Waals surface area contributed by atoms with E-state index in [1.807, 2.05) is 30.3 Å². The highest BCUT2D eigenvalue weighted by Gasteiger charge is 2.34. The average molecular weight is 409 g/mol. The van der Waals surface area contributed by atoms with E-state index in [9.17, 15) is 9.59 Å². The first-order valence-electron chi connectivity index (χ1n) is 6.78. The number of carbonyl (C=O) groups is 2. The fraction of sp³-hybridized carbons (Fsp3) is 0.0588. The van der Waals surface area contributed by atoms with Crippen molar-refractivity contribution in [1.82, 2.24) is 4.90 Å². The Labute approximate surface area is 151 Å². The Morgan fingerprint density at radius 3 is 2.65 bits per heavy atom. The highest BCUT2D eigenvalue weighted by Crippen LogP contribution is 2.33. The number of rotatable bonds is 3. The second-order valence-corrected chi connectivity index (χ2v) is 7.30. The molecule has 0 N–H and O–H groups in total. The lowest BCUT2D eigenvalue weighted by Gasteiger charge is -2.12. The van der Waals surface area contributed by atoms with E-state index < -0.39 is 0 Å². The van der Waals surface area contributed by atoms with Crippen LogP contribution in [0.15, 0.2) is 57.9 Å². The van der Waals surface area contributed by atoms with Gasteiger partial charge in [-0.1, -0.05) is 51.8 Å². The van der Waals surface area contributed by atoms with Crippen molar-refractivity contribution in [3.63, 3.8) is 0 Å². The zero-order chi connectivity index (χ0) is 16.4. The lowest BCUT2D eigenvalue weighted by atomic mass is 10.2. The Morgan fingerprint density at radius 2 is 1.91 bits per heavy atom. The lowest BCUT2D eigenvalue weighted by molar-refractivity contribution is -0.123. The van der Waals surface area contributed by atoms with Crippen molar-refractivity contribution in [2.24, 2.45) is 0 Å². The predicted octanol–water partition coefficient (Wildman–Crippen LogP) is 5.34. The Morgan fingerprint density at radius 1 is 1.13 bits per heavy atom. The fourth-order valence-electron chi connectivity index (χ4n) is 2.20. The number of imide groups is 1. The minimum atomic E-state index is -0.278. The highest BCUT2D eigenvalue weighted by atomic mass is 79.9. The molecule has 2 aromatic carbocycles. The standard InChI is InChI=1S/C17H11BrClNO2S/c18-13-5-1-4-12(7-13)10-20-16(21)15(23-17(20)22)9-11-3-2-6-14(19)8-11/h1-9H,10H2/b15-9+. The molecule has 23 heavy (non-hydrogen) atoms. The first kappa shape index (κ1) is 16.3. The van der Waals surface area contributed by atoms with Gasteiger partial charge in [0.15, 0.2) is 0 Å². The van der Waals surface area contributed by atoms with Gasteiger partial charge in [0.25, 0.3) is 11.1 Å². The van der Waals surface area contributed by atoms with Crippen molar-refractivity contribution in [2.45, 2.75) is 6.54 Å². The summed E-state index contributed by atoms with van der Waals surface area (Å²) in [4.78, 5) is 26.3. The van der Waals surface area contributed by atoms with E-state index in [-0.39, 0.29) is 17.7 Å². The first-order valence-corrected chi connectivity index (χ1v) is 8.77. The quantitative estimate of drug-likeness (QED) is 0.643. The van der Waals surface area contributed by atoms with Gasteiger partial charge in [0.2, 0.25) is 0 Å². The van der Waals surface area contributed by atoms with Gasteiger partial charge < -0.3 is 0 Å². The molecule has 0 aromatic heterocycles. The van der Waals surface area contributed by atoms with Gasteiger partial charge in [-0.25, -0.2) is 0 Å². The van der Waals surface area contributed by atoms with Crippen molar-refractivity contribution < 1.29 is 9.59 Å². The lowest BCUT2D eigenvalue weighted by Crippen LogP contribution is -2.27. The molecular formula is C17H11BrClNO2S. The third-order valence-electron chi connectivity index (χ3n) is 3.25. The Kier molecular flexibility index (Phi) is 4.90. The van der Waals surface area contributed by atoms with E-state index in [1.165, 1.54) is 4.90 Å². The summed E-state index contributed by atoms with van der Waals surface area (Å²) in [6.45, 7) is 0.261. The van der Waals surface area contributed by atoms with E-state index in [4.69, 9.17) is 11.6 Å². The maximum absolute atomic E-state index is 12.5. The number of thioether (sulfide) groups is 1. The van der Waals surface area contributed by atoms with Crippen LogP contribution in [0.1, 0.15) is 11.1 Å². The molecule has 3 rings (SSSR count). The van der Waals surface area contributed by atoms with E-state index in [0.29, 0.717) is 9.93 Å². The smallest absolute Gasteiger partial charge is 0.268 e. The Bertz CT molecular complexity index is 822. The molecule has 0 spiro atoms. The van der Waals surface area contributed by atoms with Gasteiger partial charge in [-0.3, -0.25) is 14.5 Å². The van der Waals surface area contributed by atoms with Crippen LogP contribution >= 0.6 is 39.3 Å². The predicted molar refractivity (Wildman–Crippen MR) is 97.1 cm³/mol. The van der Waals surface area contributed by atoms with Crippen LogP contribution in [-0.4, -0.2) is 16.0 Å². The normalized spacial score (nSPS) is 16.4. The molecule has 116 valence electrons. The topological polar surface area (TPSA) is 37.4 Å². The monoisotopic (exact) mass is 407 g/mol. The van der Waals surface area contributed by atoms with Gasteiger partial charge in [0.05, 0.1) is 11.4 Å². The molecule has 0 aliphatic carbocycles. The van der Waals surface area contributed by atoms with Gasteiger partial charge in [0.1, 0.15) is 0 Å². The summed E-state index contributed by atoms with van der Waals surface area (Å²) in [6.07, 6.45) is 1.69. The summed E-state index contributed by atoms with van der Waals surface area (Å²) in [7, 11) is 0. The number of benzene rings is 2. The molecule has 1 aliphatic heterocycles. The molecule has 0 radical (unpaired) electrons. The van der Waals surface area contributed by atoms with Crippen molar-refractivity contribution >= 4 is 56.5 Å². The highest BCUT2D eigenvalue weighted by molar-refractivity contribution is 9.10. The molecule has 0 bridgehead atoms. The van der Waals surface area contributed by atoms with Gasteiger partial charge in [-0.05, 0) is 53.2 Å². The summed E-state index contributed by atoms with van der Waals surface area (Å²) >= 11 is 10.3. The van der Waals surface area contributed by atoms with Gasteiger partial charge in [-0.15, -0.1) is 0 Å². The maximum Gasteiger partial charge on any atom is 0.293 e. The zero-order valence-corrected chi connectivity index (χ0v) is 15.0. The molecule has 1 heterocycles. The second kappa shape index (κ2) is 6.91. The number of amides is 2. The van der Waals surface area contributed by atoms with Gasteiger partial charge in [-0.2, -0.15) is 0 Å². The minimum absolute atomic E-state index is 0.261. The second-order valence-electron chi connectivity index (χ2n) is 4.95. The fourth-order valence-corrected chi connectivity index (χ4v) is 3.69. The third-order valence-corrected chi connectivity index (χ3v) is 4.89. The van der Waals surface area contributed by atoms with Crippen LogP contribution in [0.3, 0.4) is 0 Å². The van der Waals surface area contributed by atoms with Crippen LogP contribution in [0, 0.1) is 0 Å². The van der Waals surface area contributed by atoms with Crippen LogP contribution < -0.4 is 0 Å². The van der Waals surface area contributed by atoms with Crippen molar-refractivity contribution in [3.8, 4) is 0 Å². The van der Waals surface area contributed by atoms with Crippen LogP contribution in [0.5, 0.6) is 0 Å². The molecule has 2 aromatic rings. The Balaban J connectivity index is 1.82. The largest absolute Gasteiger partial charge is 0.293 e. The maximum atomic E-state index is 12.5. The summed E-state index contributed by atoms with van der Waals surface area (Å²) in [5.74, 6) is -0.278. The van der Waals surface area contributed by atoms with Crippen molar-refractivity contribution in [2.75, 3.05) is 0 Å². The van der Waals surface area contributed by atoms with Crippen molar-refractivity contribution in [1.29, 1.82) is 0 Å².